The molecule has 0 spiro atoms. The molecule has 0 aliphatic heterocycles. The second kappa shape index (κ2) is 7.54. The summed E-state index contributed by atoms with van der Waals surface area (Å²) >= 11 is 1.68. The Kier molecular flexibility index (Phi) is 6.36. The Balaban J connectivity index is 2.44. The van der Waals surface area contributed by atoms with Gasteiger partial charge in [0, 0.05) is 12.1 Å². The molecule has 0 bridgehead atoms. The fraction of sp³-hybridized carbons (Fsp3) is 0.643. The Morgan fingerprint density at radius 1 is 1.33 bits per heavy atom. The average Bonchev–Trinajstić information content (AvgIpc) is 2.89. The minimum atomic E-state index is -0.166. The van der Waals surface area contributed by atoms with Crippen LogP contribution in [0.5, 0.6) is 0 Å². The number of thiophene rings is 1. The van der Waals surface area contributed by atoms with Crippen molar-refractivity contribution in [1.29, 1.82) is 0 Å². The van der Waals surface area contributed by atoms with E-state index in [1.807, 2.05) is 6.92 Å². The van der Waals surface area contributed by atoms with E-state index in [-0.39, 0.29) is 18.0 Å². The number of hydrogen-bond acceptors (Lipinski definition) is 3. The van der Waals surface area contributed by atoms with Crippen LogP contribution in [0.4, 0.5) is 0 Å². The van der Waals surface area contributed by atoms with Crippen molar-refractivity contribution in [3.05, 3.63) is 22.4 Å². The fourth-order valence-corrected chi connectivity index (χ4v) is 2.64. The van der Waals surface area contributed by atoms with Crippen LogP contribution >= 0.6 is 11.3 Å². The van der Waals surface area contributed by atoms with Crippen molar-refractivity contribution in [2.75, 3.05) is 0 Å². The van der Waals surface area contributed by atoms with E-state index >= 15 is 0 Å². The second-order valence-electron chi connectivity index (χ2n) is 4.69. The summed E-state index contributed by atoms with van der Waals surface area (Å²) < 4.78 is 0. The highest BCUT2D eigenvalue weighted by atomic mass is 32.1. The average molecular weight is 268 g/mol. The van der Waals surface area contributed by atoms with Crippen LogP contribution in [0.2, 0.25) is 0 Å². The van der Waals surface area contributed by atoms with Crippen LogP contribution < -0.4 is 10.6 Å². The van der Waals surface area contributed by atoms with E-state index in [4.69, 9.17) is 0 Å². The normalized spacial score (nSPS) is 14.5. The summed E-state index contributed by atoms with van der Waals surface area (Å²) in [5, 5.41) is 10.6. The Hall–Kier alpha value is -0.870. The van der Waals surface area contributed by atoms with Crippen molar-refractivity contribution in [3.8, 4) is 0 Å². The van der Waals surface area contributed by atoms with Crippen LogP contribution in [0.1, 0.15) is 52.1 Å². The predicted molar refractivity (Wildman–Crippen MR) is 77.8 cm³/mol. The number of hydrogen-bond donors (Lipinski definition) is 2. The maximum atomic E-state index is 12.0. The van der Waals surface area contributed by atoms with Crippen molar-refractivity contribution < 1.29 is 4.79 Å². The molecule has 1 rings (SSSR count). The maximum absolute atomic E-state index is 12.0. The van der Waals surface area contributed by atoms with E-state index in [0.717, 1.165) is 12.8 Å². The molecule has 0 aliphatic rings. The molecule has 1 heterocycles. The minimum absolute atomic E-state index is 0.0887. The van der Waals surface area contributed by atoms with Gasteiger partial charge in [-0.1, -0.05) is 13.8 Å². The van der Waals surface area contributed by atoms with Gasteiger partial charge in [-0.2, -0.15) is 11.3 Å². The Bertz CT molecular complexity index is 347. The van der Waals surface area contributed by atoms with Gasteiger partial charge in [-0.15, -0.1) is 0 Å². The van der Waals surface area contributed by atoms with Crippen molar-refractivity contribution in [2.45, 2.75) is 58.7 Å². The summed E-state index contributed by atoms with van der Waals surface area (Å²) in [6.07, 6.45) is 1.96. The molecule has 0 saturated heterocycles. The van der Waals surface area contributed by atoms with Crippen molar-refractivity contribution >= 4 is 17.2 Å². The molecular formula is C14H24N2OS. The third kappa shape index (κ3) is 4.42. The van der Waals surface area contributed by atoms with Gasteiger partial charge in [0.25, 0.3) is 0 Å². The lowest BCUT2D eigenvalue weighted by molar-refractivity contribution is -0.123. The van der Waals surface area contributed by atoms with Crippen LogP contribution in [0.25, 0.3) is 0 Å². The first-order chi connectivity index (χ1) is 8.58. The van der Waals surface area contributed by atoms with Crippen molar-refractivity contribution in [2.24, 2.45) is 0 Å². The highest BCUT2D eigenvalue weighted by Crippen LogP contribution is 2.16. The molecule has 0 radical (unpaired) electrons. The molecule has 1 aromatic rings. The lowest BCUT2D eigenvalue weighted by Gasteiger charge is -2.22. The summed E-state index contributed by atoms with van der Waals surface area (Å²) in [6.45, 7) is 8.20. The largest absolute Gasteiger partial charge is 0.352 e. The first-order valence-corrected chi connectivity index (χ1v) is 7.61. The summed E-state index contributed by atoms with van der Waals surface area (Å²) in [7, 11) is 0. The molecule has 102 valence electrons. The standard InChI is InChI=1S/C14H24N2OS/c1-5-13(6-2)16-14(17)11(4)15-10(3)12-7-8-18-9-12/h7-11,13,15H,5-6H2,1-4H3,(H,16,17). The van der Waals surface area contributed by atoms with Gasteiger partial charge in [0.05, 0.1) is 6.04 Å². The Labute approximate surface area is 114 Å². The minimum Gasteiger partial charge on any atom is -0.352 e. The van der Waals surface area contributed by atoms with E-state index in [1.165, 1.54) is 5.56 Å². The van der Waals surface area contributed by atoms with Gasteiger partial charge in [0.15, 0.2) is 0 Å². The van der Waals surface area contributed by atoms with Gasteiger partial charge in [-0.3, -0.25) is 10.1 Å². The summed E-state index contributed by atoms with van der Waals surface area (Å²) in [5.74, 6) is 0.0887. The van der Waals surface area contributed by atoms with Gasteiger partial charge < -0.3 is 5.32 Å². The fourth-order valence-electron chi connectivity index (χ4n) is 1.89. The zero-order valence-electron chi connectivity index (χ0n) is 11.7. The molecule has 0 fully saturated rings. The molecule has 3 nitrogen and oxygen atoms in total. The molecule has 0 aromatic carbocycles. The monoisotopic (exact) mass is 268 g/mol. The lowest BCUT2D eigenvalue weighted by Crippen LogP contribution is -2.46. The molecule has 2 N–H and O–H groups in total. The smallest absolute Gasteiger partial charge is 0.237 e. The van der Waals surface area contributed by atoms with Crippen molar-refractivity contribution in [3.63, 3.8) is 0 Å². The molecule has 1 amide bonds. The third-order valence-electron chi connectivity index (χ3n) is 3.27. The van der Waals surface area contributed by atoms with E-state index in [9.17, 15) is 4.79 Å². The molecule has 2 unspecified atom stereocenters. The number of rotatable bonds is 7. The van der Waals surface area contributed by atoms with Gasteiger partial charge in [0.2, 0.25) is 5.91 Å². The lowest BCUT2D eigenvalue weighted by atomic mass is 10.1. The predicted octanol–water partition coefficient (Wildman–Crippen LogP) is 3.09. The second-order valence-corrected chi connectivity index (χ2v) is 5.47. The molecule has 0 aliphatic carbocycles. The summed E-state index contributed by atoms with van der Waals surface area (Å²) in [5.41, 5.74) is 1.24. The SMILES string of the molecule is CCC(CC)NC(=O)C(C)NC(C)c1ccsc1. The first-order valence-electron chi connectivity index (χ1n) is 6.66. The van der Waals surface area contributed by atoms with Crippen LogP contribution in [-0.4, -0.2) is 18.0 Å². The quantitative estimate of drug-likeness (QED) is 0.798. The third-order valence-corrected chi connectivity index (χ3v) is 3.97. The summed E-state index contributed by atoms with van der Waals surface area (Å²) in [4.78, 5) is 12.0. The van der Waals surface area contributed by atoms with Gasteiger partial charge in [-0.05, 0) is 49.1 Å². The molecule has 18 heavy (non-hydrogen) atoms. The maximum Gasteiger partial charge on any atom is 0.237 e. The highest BCUT2D eigenvalue weighted by Gasteiger charge is 2.18. The van der Waals surface area contributed by atoms with E-state index in [0.29, 0.717) is 6.04 Å². The number of carbonyl (C=O) groups excluding carboxylic acids is 1. The number of carbonyl (C=O) groups is 1. The van der Waals surface area contributed by atoms with Gasteiger partial charge >= 0.3 is 0 Å². The van der Waals surface area contributed by atoms with E-state index < -0.39 is 0 Å². The van der Waals surface area contributed by atoms with Crippen LogP contribution in [0.3, 0.4) is 0 Å². The number of nitrogens with one attached hydrogen (secondary N) is 2. The first kappa shape index (κ1) is 15.2. The zero-order chi connectivity index (χ0) is 13.5. The molecule has 1 aromatic heterocycles. The van der Waals surface area contributed by atoms with Crippen molar-refractivity contribution in [1.82, 2.24) is 10.6 Å². The van der Waals surface area contributed by atoms with E-state index in [2.05, 4.69) is 48.2 Å². The molecule has 2 atom stereocenters. The summed E-state index contributed by atoms with van der Waals surface area (Å²) in [6, 6.07) is 2.42. The Morgan fingerprint density at radius 3 is 2.50 bits per heavy atom. The molecule has 0 saturated carbocycles. The number of amides is 1. The van der Waals surface area contributed by atoms with E-state index in [1.54, 1.807) is 11.3 Å². The van der Waals surface area contributed by atoms with Gasteiger partial charge in [0.1, 0.15) is 0 Å². The highest BCUT2D eigenvalue weighted by molar-refractivity contribution is 7.07. The topological polar surface area (TPSA) is 41.1 Å². The molecular weight excluding hydrogens is 244 g/mol. The van der Waals surface area contributed by atoms with Crippen LogP contribution in [-0.2, 0) is 4.79 Å². The Morgan fingerprint density at radius 2 is 2.00 bits per heavy atom. The zero-order valence-corrected chi connectivity index (χ0v) is 12.5. The van der Waals surface area contributed by atoms with Gasteiger partial charge in [-0.25, -0.2) is 0 Å². The molecule has 4 heteroatoms. The van der Waals surface area contributed by atoms with Crippen LogP contribution in [0.15, 0.2) is 16.8 Å². The van der Waals surface area contributed by atoms with Crippen LogP contribution in [0, 0.1) is 0 Å².